The van der Waals surface area contributed by atoms with Crippen molar-refractivity contribution in [1.29, 1.82) is 0 Å². The van der Waals surface area contributed by atoms with Crippen LogP contribution < -0.4 is 14.4 Å². The van der Waals surface area contributed by atoms with E-state index in [0.717, 1.165) is 27.8 Å². The number of hydrogen-bond donors (Lipinski definition) is 0. The smallest absolute Gasteiger partial charge is 0.298 e. The number of imide groups is 1. The Kier molecular flexibility index (Phi) is 8.41. The summed E-state index contributed by atoms with van der Waals surface area (Å²) in [5.41, 5.74) is 2.87. The van der Waals surface area contributed by atoms with Gasteiger partial charge in [-0.05, 0) is 79.2 Å². The molecule has 0 bridgehead atoms. The van der Waals surface area contributed by atoms with E-state index in [4.69, 9.17) is 32.7 Å². The molecule has 0 aromatic heterocycles. The lowest BCUT2D eigenvalue weighted by Gasteiger charge is -2.17. The van der Waals surface area contributed by atoms with Crippen molar-refractivity contribution >= 4 is 57.9 Å². The van der Waals surface area contributed by atoms with Gasteiger partial charge in [-0.25, -0.2) is 4.90 Å². The van der Waals surface area contributed by atoms with Gasteiger partial charge in [0, 0.05) is 21.2 Å². The molecule has 0 radical (unpaired) electrons. The van der Waals surface area contributed by atoms with Crippen LogP contribution in [0.2, 0.25) is 10.0 Å². The van der Waals surface area contributed by atoms with Gasteiger partial charge in [-0.2, -0.15) is 0 Å². The van der Waals surface area contributed by atoms with E-state index in [2.05, 4.69) is 6.58 Å². The van der Waals surface area contributed by atoms with Crippen LogP contribution in [0.5, 0.6) is 11.5 Å². The number of anilines is 1. The van der Waals surface area contributed by atoms with Crippen LogP contribution in [-0.2, 0) is 17.8 Å². The Morgan fingerprint density at radius 3 is 2.44 bits per heavy atom. The third-order valence-electron chi connectivity index (χ3n) is 5.32. The minimum absolute atomic E-state index is 0.267. The average Bonchev–Trinajstić information content (AvgIpc) is 3.13. The number of ether oxygens (including phenoxy) is 2. The minimum Gasteiger partial charge on any atom is -0.490 e. The highest BCUT2D eigenvalue weighted by Crippen LogP contribution is 2.39. The highest BCUT2D eigenvalue weighted by atomic mass is 35.5. The predicted octanol–water partition coefficient (Wildman–Crippen LogP) is 7.94. The van der Waals surface area contributed by atoms with E-state index in [-0.39, 0.29) is 11.8 Å². The molecule has 2 amide bonds. The van der Waals surface area contributed by atoms with Gasteiger partial charge in [-0.3, -0.25) is 9.59 Å². The van der Waals surface area contributed by atoms with E-state index in [1.165, 1.54) is 0 Å². The van der Waals surface area contributed by atoms with Gasteiger partial charge in [-0.1, -0.05) is 47.5 Å². The molecule has 1 heterocycles. The van der Waals surface area contributed by atoms with E-state index in [1.807, 2.05) is 37.3 Å². The van der Waals surface area contributed by atoms with Gasteiger partial charge in [0.2, 0.25) is 0 Å². The lowest BCUT2D eigenvalue weighted by Crippen LogP contribution is -2.27. The molecule has 0 atom stereocenters. The van der Waals surface area contributed by atoms with E-state index < -0.39 is 5.91 Å². The molecule has 1 aliphatic heterocycles. The first-order valence-corrected chi connectivity index (χ1v) is 12.8. The average molecular weight is 540 g/mol. The first kappa shape index (κ1) is 25.9. The van der Waals surface area contributed by atoms with Crippen molar-refractivity contribution in [3.8, 4) is 11.5 Å². The monoisotopic (exact) mass is 539 g/mol. The zero-order chi connectivity index (χ0) is 25.7. The maximum Gasteiger partial charge on any atom is 0.298 e. The molecule has 184 valence electrons. The third kappa shape index (κ3) is 5.78. The lowest BCUT2D eigenvalue weighted by atomic mass is 10.0. The molecule has 0 unspecified atom stereocenters. The summed E-state index contributed by atoms with van der Waals surface area (Å²) < 4.78 is 12.1. The van der Waals surface area contributed by atoms with Gasteiger partial charge < -0.3 is 9.47 Å². The number of halogens is 2. The Labute approximate surface area is 224 Å². The lowest BCUT2D eigenvalue weighted by molar-refractivity contribution is -0.113. The fraction of sp³-hybridized carbons (Fsp3) is 0.143. The van der Waals surface area contributed by atoms with Crippen molar-refractivity contribution in [3.05, 3.63) is 105 Å². The van der Waals surface area contributed by atoms with Crippen LogP contribution >= 0.6 is 35.0 Å². The summed E-state index contributed by atoms with van der Waals surface area (Å²) in [5, 5.41) is 0.773. The molecule has 0 N–H and O–H groups in total. The molecule has 3 aromatic carbocycles. The maximum atomic E-state index is 13.1. The Bertz CT molecular complexity index is 1340. The second-order valence-corrected chi connectivity index (χ2v) is 9.64. The van der Waals surface area contributed by atoms with Gasteiger partial charge in [-0.15, -0.1) is 6.58 Å². The molecule has 3 aromatic rings. The van der Waals surface area contributed by atoms with E-state index >= 15 is 0 Å². The number of carbonyl (C=O) groups is 2. The van der Waals surface area contributed by atoms with Crippen molar-refractivity contribution in [2.75, 3.05) is 11.5 Å². The predicted molar refractivity (Wildman–Crippen MR) is 147 cm³/mol. The Morgan fingerprint density at radius 2 is 1.75 bits per heavy atom. The number of thioether (sulfide) groups is 1. The summed E-state index contributed by atoms with van der Waals surface area (Å²) in [6.45, 7) is 6.43. The zero-order valence-electron chi connectivity index (χ0n) is 19.5. The molecule has 5 nitrogen and oxygen atoms in total. The largest absolute Gasteiger partial charge is 0.490 e. The number of allylic oxidation sites excluding steroid dienone is 1. The van der Waals surface area contributed by atoms with E-state index in [9.17, 15) is 9.59 Å². The number of hydrogen-bond acceptors (Lipinski definition) is 5. The Morgan fingerprint density at radius 1 is 1.00 bits per heavy atom. The maximum absolute atomic E-state index is 13.1. The van der Waals surface area contributed by atoms with Crippen LogP contribution in [0.25, 0.3) is 6.08 Å². The summed E-state index contributed by atoms with van der Waals surface area (Å²) in [6, 6.07) is 17.8. The standard InChI is InChI=1S/C28H23Cl2NO4S/c1-3-7-19-14-18(15-24(34-4-2)26(19)35-17-20-8-5-6-9-23(20)30)16-25-27(32)31(28(33)36-25)22-12-10-21(29)11-13-22/h3,5-6,8-16H,1,4,7,17H2,2H3/b25-16+. The van der Waals surface area contributed by atoms with Crippen molar-refractivity contribution < 1.29 is 19.1 Å². The summed E-state index contributed by atoms with van der Waals surface area (Å²) in [6.07, 6.45) is 3.98. The quantitative estimate of drug-likeness (QED) is 0.204. The molecular formula is C28H23Cl2NO4S. The summed E-state index contributed by atoms with van der Waals surface area (Å²) in [7, 11) is 0. The van der Waals surface area contributed by atoms with Crippen LogP contribution in [-0.4, -0.2) is 17.8 Å². The van der Waals surface area contributed by atoms with Gasteiger partial charge >= 0.3 is 0 Å². The van der Waals surface area contributed by atoms with Crippen LogP contribution in [0, 0.1) is 0 Å². The van der Waals surface area contributed by atoms with Gasteiger partial charge in [0.15, 0.2) is 11.5 Å². The summed E-state index contributed by atoms with van der Waals surface area (Å²) in [4.78, 5) is 27.2. The van der Waals surface area contributed by atoms with Gasteiger partial charge in [0.25, 0.3) is 11.1 Å². The molecule has 0 aliphatic carbocycles. The van der Waals surface area contributed by atoms with E-state index in [1.54, 1.807) is 42.5 Å². The summed E-state index contributed by atoms with van der Waals surface area (Å²) >= 11 is 13.1. The van der Waals surface area contributed by atoms with Crippen LogP contribution in [0.3, 0.4) is 0 Å². The van der Waals surface area contributed by atoms with Crippen molar-refractivity contribution in [2.45, 2.75) is 20.0 Å². The highest BCUT2D eigenvalue weighted by molar-refractivity contribution is 8.19. The minimum atomic E-state index is -0.394. The SMILES string of the molecule is C=CCc1cc(/C=C2/SC(=O)N(c3ccc(Cl)cc3)C2=O)cc(OCC)c1OCc1ccccc1Cl. The molecule has 8 heteroatoms. The van der Waals surface area contributed by atoms with Crippen LogP contribution in [0.4, 0.5) is 10.5 Å². The molecule has 0 saturated carbocycles. The zero-order valence-corrected chi connectivity index (χ0v) is 21.8. The topological polar surface area (TPSA) is 55.8 Å². The van der Waals surface area contributed by atoms with Gasteiger partial charge in [0.05, 0.1) is 17.2 Å². The highest BCUT2D eigenvalue weighted by Gasteiger charge is 2.36. The van der Waals surface area contributed by atoms with Crippen molar-refractivity contribution in [1.82, 2.24) is 0 Å². The molecule has 1 saturated heterocycles. The molecule has 1 fully saturated rings. The number of amides is 2. The fourth-order valence-electron chi connectivity index (χ4n) is 3.70. The molecular weight excluding hydrogens is 517 g/mol. The summed E-state index contributed by atoms with van der Waals surface area (Å²) in [5.74, 6) is 0.727. The normalized spacial score (nSPS) is 14.4. The second kappa shape index (κ2) is 11.7. The van der Waals surface area contributed by atoms with Crippen molar-refractivity contribution in [3.63, 3.8) is 0 Å². The molecule has 36 heavy (non-hydrogen) atoms. The molecule has 1 aliphatic rings. The van der Waals surface area contributed by atoms with Crippen LogP contribution in [0.1, 0.15) is 23.6 Å². The number of carbonyl (C=O) groups excluding carboxylic acids is 2. The first-order chi connectivity index (χ1) is 17.4. The molecule has 4 rings (SSSR count). The first-order valence-electron chi connectivity index (χ1n) is 11.2. The molecule has 0 spiro atoms. The Balaban J connectivity index is 1.67. The fourth-order valence-corrected chi connectivity index (χ4v) is 4.86. The third-order valence-corrected chi connectivity index (χ3v) is 6.81. The number of benzene rings is 3. The van der Waals surface area contributed by atoms with E-state index in [0.29, 0.717) is 50.7 Å². The Hall–Kier alpha value is -3.19. The second-order valence-electron chi connectivity index (χ2n) is 7.81. The van der Waals surface area contributed by atoms with Gasteiger partial charge in [0.1, 0.15) is 6.61 Å². The number of nitrogens with zero attached hydrogens (tertiary/aromatic N) is 1. The van der Waals surface area contributed by atoms with Crippen molar-refractivity contribution in [2.24, 2.45) is 0 Å². The van der Waals surface area contributed by atoms with Crippen LogP contribution in [0.15, 0.2) is 78.2 Å². The number of rotatable bonds is 9.